The van der Waals surface area contributed by atoms with Crippen LogP contribution < -0.4 is 0 Å². The highest BCUT2D eigenvalue weighted by Crippen LogP contribution is 2.61. The van der Waals surface area contributed by atoms with E-state index < -0.39 is 22.4 Å². The number of hydrogen-bond acceptors (Lipinski definition) is 4. The Kier molecular flexibility index (Phi) is 4.99. The molecule has 0 heterocycles. The van der Waals surface area contributed by atoms with Gasteiger partial charge in [-0.1, -0.05) is 97.1 Å². The van der Waals surface area contributed by atoms with Gasteiger partial charge in [-0.05, 0) is 82.0 Å². The van der Waals surface area contributed by atoms with E-state index in [1.54, 1.807) is 0 Å². The van der Waals surface area contributed by atoms with Gasteiger partial charge in [-0.2, -0.15) is 0 Å². The number of fused-ring (bicyclic) bond motifs is 4. The number of aliphatic hydroxyl groups is 4. The van der Waals surface area contributed by atoms with Gasteiger partial charge in [-0.25, -0.2) is 0 Å². The molecule has 4 N–H and O–H groups in total. The monoisotopic (exact) mass is 530 g/mol. The Balaban J connectivity index is 1.46. The van der Waals surface area contributed by atoms with Gasteiger partial charge in [0.25, 0.3) is 0 Å². The zero-order valence-corrected chi connectivity index (χ0v) is 22.4. The second-order valence-corrected chi connectivity index (χ2v) is 12.6. The van der Waals surface area contributed by atoms with E-state index in [9.17, 15) is 20.4 Å². The maximum Gasteiger partial charge on any atom is 0.127 e. The fourth-order valence-electron chi connectivity index (χ4n) is 8.10. The van der Waals surface area contributed by atoms with Crippen molar-refractivity contribution in [2.24, 2.45) is 11.8 Å². The first-order valence-electron chi connectivity index (χ1n) is 14.6. The van der Waals surface area contributed by atoms with Gasteiger partial charge in [0.1, 0.15) is 22.4 Å². The molecule has 0 spiro atoms. The fraction of sp³-hybridized carbons (Fsp3) is 0.333. The zero-order chi connectivity index (χ0) is 27.3. The van der Waals surface area contributed by atoms with Crippen molar-refractivity contribution in [1.29, 1.82) is 0 Å². The Morgan fingerprint density at radius 3 is 1.05 bits per heavy atom. The number of rotatable bonds is 3. The lowest BCUT2D eigenvalue weighted by atomic mass is 9.66. The molecule has 4 unspecified atom stereocenters. The van der Waals surface area contributed by atoms with Gasteiger partial charge < -0.3 is 20.4 Å². The van der Waals surface area contributed by atoms with Gasteiger partial charge in [-0.15, -0.1) is 0 Å². The minimum absolute atomic E-state index is 0.0499. The van der Waals surface area contributed by atoms with Crippen molar-refractivity contribution in [3.63, 3.8) is 0 Å². The van der Waals surface area contributed by atoms with E-state index >= 15 is 0 Å². The normalized spacial score (nSPS) is 32.6. The van der Waals surface area contributed by atoms with Crippen LogP contribution in [0.2, 0.25) is 0 Å². The van der Waals surface area contributed by atoms with E-state index in [1.165, 1.54) is 0 Å². The maximum absolute atomic E-state index is 13.2. The first-order valence-corrected chi connectivity index (χ1v) is 14.6. The van der Waals surface area contributed by atoms with Gasteiger partial charge >= 0.3 is 0 Å². The van der Waals surface area contributed by atoms with Gasteiger partial charge in [-0.3, -0.25) is 0 Å². The molecule has 0 amide bonds. The Morgan fingerprint density at radius 2 is 0.700 bits per heavy atom. The van der Waals surface area contributed by atoms with Crippen molar-refractivity contribution in [3.8, 4) is 0 Å². The van der Waals surface area contributed by atoms with E-state index in [-0.39, 0.29) is 24.7 Å². The van der Waals surface area contributed by atoms with Gasteiger partial charge in [0.15, 0.2) is 0 Å². The molecule has 0 bridgehead atoms. The Labute approximate surface area is 234 Å². The largest absolute Gasteiger partial charge is 0.381 e. The second-order valence-electron chi connectivity index (χ2n) is 12.6. The molecule has 202 valence electrons. The molecule has 4 aromatic rings. The van der Waals surface area contributed by atoms with Crippen LogP contribution in [0.1, 0.15) is 70.2 Å². The van der Waals surface area contributed by atoms with Gasteiger partial charge in [0.05, 0.1) is 0 Å². The molecular formula is C36H34O4. The molecule has 4 heteroatoms. The molecule has 0 aromatic heterocycles. The Hall–Kier alpha value is -3.28. The summed E-state index contributed by atoms with van der Waals surface area (Å²) in [5.41, 5.74) is -0.420. The molecule has 8 rings (SSSR count). The average Bonchev–Trinajstić information content (AvgIpc) is 3.88. The van der Waals surface area contributed by atoms with E-state index in [0.29, 0.717) is 22.3 Å². The van der Waals surface area contributed by atoms with Crippen molar-refractivity contribution in [2.75, 3.05) is 0 Å². The second kappa shape index (κ2) is 8.14. The predicted octanol–water partition coefficient (Wildman–Crippen LogP) is 5.17. The maximum atomic E-state index is 13.2. The van der Waals surface area contributed by atoms with Crippen molar-refractivity contribution in [3.05, 3.63) is 142 Å². The van der Waals surface area contributed by atoms with E-state index in [0.717, 1.165) is 47.9 Å². The summed E-state index contributed by atoms with van der Waals surface area (Å²) in [7, 11) is 0. The van der Waals surface area contributed by atoms with E-state index in [1.807, 2.05) is 97.1 Å². The fourth-order valence-corrected chi connectivity index (χ4v) is 8.10. The van der Waals surface area contributed by atoms with Crippen LogP contribution in [0.15, 0.2) is 97.1 Å². The third kappa shape index (κ3) is 3.05. The number of benzene rings is 4. The summed E-state index contributed by atoms with van der Waals surface area (Å²) in [4.78, 5) is 0. The predicted molar refractivity (Wildman–Crippen MR) is 152 cm³/mol. The van der Waals surface area contributed by atoms with Crippen molar-refractivity contribution in [1.82, 2.24) is 0 Å². The van der Waals surface area contributed by atoms with Crippen LogP contribution in [0.25, 0.3) is 0 Å². The Morgan fingerprint density at radius 1 is 0.400 bits per heavy atom. The van der Waals surface area contributed by atoms with Crippen LogP contribution >= 0.6 is 0 Å². The quantitative estimate of drug-likeness (QED) is 0.295. The highest BCUT2D eigenvalue weighted by Gasteiger charge is 2.62. The summed E-state index contributed by atoms with van der Waals surface area (Å²) in [5, 5.41) is 51.6. The molecular weight excluding hydrogens is 496 g/mol. The van der Waals surface area contributed by atoms with Crippen molar-refractivity contribution in [2.45, 2.75) is 60.9 Å². The molecule has 2 saturated carbocycles. The molecule has 4 aromatic carbocycles. The van der Waals surface area contributed by atoms with Crippen molar-refractivity contribution >= 4 is 0 Å². The summed E-state index contributed by atoms with van der Waals surface area (Å²) in [6, 6.07) is 30.8. The molecule has 40 heavy (non-hydrogen) atoms. The van der Waals surface area contributed by atoms with Gasteiger partial charge in [0.2, 0.25) is 0 Å². The lowest BCUT2D eigenvalue weighted by molar-refractivity contribution is -0.166. The Bertz CT molecular complexity index is 1530. The number of hydrogen-bond donors (Lipinski definition) is 4. The SMILES string of the molecule is OC1(C2CC2)c2ccccc2CC(O)(C2(O)Cc3ccccc3C(O)(C3CC3)c3ccccc32)c2ccccc21. The molecule has 4 nitrogen and oxygen atoms in total. The van der Waals surface area contributed by atoms with Crippen LogP contribution in [0.3, 0.4) is 0 Å². The minimum atomic E-state index is -1.79. The van der Waals surface area contributed by atoms with Crippen molar-refractivity contribution < 1.29 is 20.4 Å². The smallest absolute Gasteiger partial charge is 0.127 e. The van der Waals surface area contributed by atoms with E-state index in [4.69, 9.17) is 0 Å². The first-order chi connectivity index (χ1) is 19.3. The topological polar surface area (TPSA) is 80.9 Å². The molecule has 4 atom stereocenters. The minimum Gasteiger partial charge on any atom is -0.381 e. The van der Waals surface area contributed by atoms with Crippen LogP contribution in [-0.4, -0.2) is 20.4 Å². The van der Waals surface area contributed by atoms with Crippen LogP contribution in [0.4, 0.5) is 0 Å². The molecule has 4 aliphatic carbocycles. The molecule has 4 aliphatic rings. The lowest BCUT2D eigenvalue weighted by Crippen LogP contribution is -2.53. The molecule has 0 aliphatic heterocycles. The van der Waals surface area contributed by atoms with Crippen LogP contribution in [0, 0.1) is 11.8 Å². The summed E-state index contributed by atoms with van der Waals surface area (Å²) >= 11 is 0. The van der Waals surface area contributed by atoms with Gasteiger partial charge in [0, 0.05) is 12.8 Å². The molecule has 0 saturated heterocycles. The average molecular weight is 531 g/mol. The van der Waals surface area contributed by atoms with E-state index in [2.05, 4.69) is 0 Å². The molecule has 2 fully saturated rings. The standard InChI is InChI=1S/C36H34O4/c37-33(21-23-9-1-3-11-27(23)35(39,25-17-18-25)31-15-7-5-13-29(31)33)34(38)22-24-10-2-4-12-28(24)36(40,26-19-20-26)32-16-8-6-14-30(32)34/h1-16,25-26,37-40H,17-22H2. The lowest BCUT2D eigenvalue weighted by Gasteiger charge is -2.46. The zero-order valence-electron chi connectivity index (χ0n) is 22.4. The summed E-state index contributed by atoms with van der Waals surface area (Å²) in [6.07, 6.45) is 3.89. The molecule has 0 radical (unpaired) electrons. The van der Waals surface area contributed by atoms with Crippen LogP contribution in [0.5, 0.6) is 0 Å². The highest BCUT2D eigenvalue weighted by atomic mass is 16.4. The third-order valence-corrected chi connectivity index (χ3v) is 10.3. The van der Waals surface area contributed by atoms with Crippen LogP contribution in [-0.2, 0) is 35.2 Å². The third-order valence-electron chi connectivity index (χ3n) is 10.3. The highest BCUT2D eigenvalue weighted by molar-refractivity contribution is 5.58. The summed E-state index contributed by atoms with van der Waals surface area (Å²) in [5.74, 6) is 0.0998. The summed E-state index contributed by atoms with van der Waals surface area (Å²) in [6.45, 7) is 0. The first kappa shape index (κ1) is 24.5. The summed E-state index contributed by atoms with van der Waals surface area (Å²) < 4.78 is 0.